The van der Waals surface area contributed by atoms with Crippen molar-refractivity contribution in [1.29, 1.82) is 0 Å². The van der Waals surface area contributed by atoms with E-state index in [2.05, 4.69) is 10.2 Å². The van der Waals surface area contributed by atoms with Gasteiger partial charge in [0.2, 0.25) is 11.8 Å². The van der Waals surface area contributed by atoms with Crippen LogP contribution in [-0.4, -0.2) is 76.2 Å². The second-order valence-corrected chi connectivity index (χ2v) is 8.13. The van der Waals surface area contributed by atoms with Crippen LogP contribution in [0.15, 0.2) is 0 Å². The molecule has 3 heterocycles. The summed E-state index contributed by atoms with van der Waals surface area (Å²) in [6.45, 7) is 2.71. The van der Waals surface area contributed by atoms with Crippen LogP contribution in [0.3, 0.4) is 0 Å². The Kier molecular flexibility index (Phi) is 3.95. The lowest BCUT2D eigenvalue weighted by Crippen LogP contribution is -2.47. The van der Waals surface area contributed by atoms with Gasteiger partial charge >= 0.3 is 0 Å². The average Bonchev–Trinajstić information content (AvgIpc) is 3.57. The van der Waals surface area contributed by atoms with Crippen LogP contribution in [-0.2, 0) is 14.3 Å². The second-order valence-electron chi connectivity index (χ2n) is 8.13. The molecule has 4 aliphatic rings. The Morgan fingerprint density at radius 1 is 1.23 bits per heavy atom. The lowest BCUT2D eigenvalue weighted by molar-refractivity contribution is -0.148. The smallest absolute Gasteiger partial charge is 0.249 e. The Balaban J connectivity index is 1.28. The molecule has 0 unspecified atom stereocenters. The van der Waals surface area contributed by atoms with Crippen molar-refractivity contribution in [2.75, 3.05) is 39.4 Å². The largest absolute Gasteiger partial charge is 0.370 e. The molecule has 8 heteroatoms. The maximum atomic E-state index is 12.8. The molecule has 5 rings (SSSR count). The van der Waals surface area contributed by atoms with Gasteiger partial charge in [0.15, 0.2) is 5.82 Å². The van der Waals surface area contributed by atoms with Crippen molar-refractivity contribution in [1.82, 2.24) is 25.0 Å². The molecule has 0 bridgehead atoms. The molecule has 2 saturated heterocycles. The Labute approximate surface area is 152 Å². The SMILES string of the molecule is O=C1COCCN1CC(=O)N1C[C@H](c2nc(C3CC3)n[nH]2)[C@@H](C2CC2)C1. The van der Waals surface area contributed by atoms with E-state index in [0.29, 0.717) is 37.5 Å². The molecule has 1 N–H and O–H groups in total. The maximum absolute atomic E-state index is 12.8. The minimum absolute atomic E-state index is 0.0373. The summed E-state index contributed by atoms with van der Waals surface area (Å²) < 4.78 is 5.14. The number of hydrogen-bond acceptors (Lipinski definition) is 5. The van der Waals surface area contributed by atoms with E-state index in [0.717, 1.165) is 18.2 Å². The third-order valence-corrected chi connectivity index (χ3v) is 6.17. The normalized spacial score (nSPS) is 29.5. The first-order chi connectivity index (χ1) is 12.7. The molecular formula is C18H25N5O3. The zero-order valence-corrected chi connectivity index (χ0v) is 14.9. The van der Waals surface area contributed by atoms with E-state index >= 15 is 0 Å². The molecule has 2 amide bonds. The lowest BCUT2D eigenvalue weighted by atomic mass is 9.91. The summed E-state index contributed by atoms with van der Waals surface area (Å²) in [6, 6.07) is 0. The van der Waals surface area contributed by atoms with Crippen LogP contribution in [0.1, 0.15) is 49.2 Å². The molecule has 0 spiro atoms. The average molecular weight is 359 g/mol. The van der Waals surface area contributed by atoms with Gasteiger partial charge in [-0.3, -0.25) is 14.7 Å². The van der Waals surface area contributed by atoms with E-state index in [1.807, 2.05) is 4.90 Å². The monoisotopic (exact) mass is 359 g/mol. The van der Waals surface area contributed by atoms with E-state index in [1.54, 1.807) is 4.90 Å². The van der Waals surface area contributed by atoms with Gasteiger partial charge in [0.25, 0.3) is 0 Å². The van der Waals surface area contributed by atoms with Crippen molar-refractivity contribution >= 4 is 11.8 Å². The number of ether oxygens (including phenoxy) is 1. The molecule has 1 aromatic heterocycles. The van der Waals surface area contributed by atoms with Crippen LogP contribution >= 0.6 is 0 Å². The van der Waals surface area contributed by atoms with Crippen LogP contribution in [0, 0.1) is 11.8 Å². The van der Waals surface area contributed by atoms with E-state index in [4.69, 9.17) is 9.72 Å². The van der Waals surface area contributed by atoms with Crippen LogP contribution < -0.4 is 0 Å². The highest BCUT2D eigenvalue weighted by Crippen LogP contribution is 2.47. The van der Waals surface area contributed by atoms with Crippen LogP contribution in [0.5, 0.6) is 0 Å². The Morgan fingerprint density at radius 2 is 2.08 bits per heavy atom. The number of hydrogen-bond donors (Lipinski definition) is 1. The van der Waals surface area contributed by atoms with Gasteiger partial charge in [0.1, 0.15) is 12.4 Å². The van der Waals surface area contributed by atoms with Crippen molar-refractivity contribution in [3.63, 3.8) is 0 Å². The topological polar surface area (TPSA) is 91.4 Å². The minimum atomic E-state index is -0.0941. The summed E-state index contributed by atoms with van der Waals surface area (Å²) in [4.78, 5) is 33.0. The summed E-state index contributed by atoms with van der Waals surface area (Å²) in [7, 11) is 0. The molecule has 2 aliphatic carbocycles. The highest BCUT2D eigenvalue weighted by molar-refractivity contribution is 5.86. The number of H-pyrrole nitrogens is 1. The zero-order chi connectivity index (χ0) is 17.7. The van der Waals surface area contributed by atoms with Crippen LogP contribution in [0.4, 0.5) is 0 Å². The number of nitrogens with zero attached hydrogens (tertiary/aromatic N) is 4. The fourth-order valence-corrected chi connectivity index (χ4v) is 4.28. The minimum Gasteiger partial charge on any atom is -0.370 e. The van der Waals surface area contributed by atoms with Crippen molar-refractivity contribution in [2.24, 2.45) is 11.8 Å². The summed E-state index contributed by atoms with van der Waals surface area (Å²) in [5.41, 5.74) is 0. The number of aromatic nitrogens is 3. The van der Waals surface area contributed by atoms with Crippen molar-refractivity contribution in [2.45, 2.75) is 37.5 Å². The Morgan fingerprint density at radius 3 is 2.81 bits per heavy atom. The molecule has 2 aliphatic heterocycles. The molecule has 26 heavy (non-hydrogen) atoms. The number of nitrogens with one attached hydrogen (secondary N) is 1. The summed E-state index contributed by atoms with van der Waals surface area (Å²) in [5.74, 6) is 3.76. The third-order valence-electron chi connectivity index (χ3n) is 6.17. The molecular weight excluding hydrogens is 334 g/mol. The standard InChI is InChI=1S/C18H25N5O3/c24-15(9-22-5-6-26-10-16(22)25)23-7-13(11-1-2-11)14(8-23)18-19-17(20-21-18)12-3-4-12/h11-14H,1-10H2,(H,19,20,21)/t13-,14+/m1/s1. The molecule has 2 atom stereocenters. The zero-order valence-electron chi connectivity index (χ0n) is 14.9. The van der Waals surface area contributed by atoms with Crippen molar-refractivity contribution < 1.29 is 14.3 Å². The number of likely N-dealkylation sites (tertiary alicyclic amines) is 1. The first-order valence-electron chi connectivity index (χ1n) is 9.74. The van der Waals surface area contributed by atoms with Gasteiger partial charge in [-0.15, -0.1) is 0 Å². The van der Waals surface area contributed by atoms with E-state index in [9.17, 15) is 9.59 Å². The van der Waals surface area contributed by atoms with Gasteiger partial charge in [-0.2, -0.15) is 5.10 Å². The molecule has 140 valence electrons. The van der Waals surface area contributed by atoms with Gasteiger partial charge in [-0.1, -0.05) is 0 Å². The van der Waals surface area contributed by atoms with Gasteiger partial charge in [0, 0.05) is 31.5 Å². The maximum Gasteiger partial charge on any atom is 0.249 e. The quantitative estimate of drug-likeness (QED) is 0.826. The van der Waals surface area contributed by atoms with E-state index < -0.39 is 0 Å². The number of morpholine rings is 1. The summed E-state index contributed by atoms with van der Waals surface area (Å²) >= 11 is 0. The molecule has 1 aromatic rings. The van der Waals surface area contributed by atoms with Crippen LogP contribution in [0.2, 0.25) is 0 Å². The molecule has 0 radical (unpaired) electrons. The molecule has 0 aromatic carbocycles. The van der Waals surface area contributed by atoms with Gasteiger partial charge in [-0.25, -0.2) is 4.98 Å². The number of aromatic amines is 1. The summed E-state index contributed by atoms with van der Waals surface area (Å²) in [6.07, 6.45) is 4.86. The predicted octanol–water partition coefficient (Wildman–Crippen LogP) is 0.493. The predicted molar refractivity (Wildman–Crippen MR) is 91.3 cm³/mol. The second kappa shape index (κ2) is 6.33. The van der Waals surface area contributed by atoms with Crippen molar-refractivity contribution in [3.05, 3.63) is 11.6 Å². The number of amides is 2. The van der Waals surface area contributed by atoms with E-state index in [1.165, 1.54) is 25.7 Å². The Hall–Kier alpha value is -1.96. The Bertz CT molecular complexity index is 711. The van der Waals surface area contributed by atoms with Gasteiger partial charge in [0.05, 0.1) is 13.2 Å². The molecule has 2 saturated carbocycles. The first-order valence-corrected chi connectivity index (χ1v) is 9.74. The fourth-order valence-electron chi connectivity index (χ4n) is 4.28. The number of rotatable bonds is 5. The fraction of sp³-hybridized carbons (Fsp3) is 0.778. The first kappa shape index (κ1) is 16.2. The van der Waals surface area contributed by atoms with Crippen molar-refractivity contribution in [3.8, 4) is 0 Å². The van der Waals surface area contributed by atoms with E-state index in [-0.39, 0.29) is 30.9 Å². The highest BCUT2D eigenvalue weighted by Gasteiger charge is 2.46. The molecule has 8 nitrogen and oxygen atoms in total. The number of carbonyl (C=O) groups excluding carboxylic acids is 2. The highest BCUT2D eigenvalue weighted by atomic mass is 16.5. The summed E-state index contributed by atoms with van der Waals surface area (Å²) in [5, 5.41) is 7.55. The van der Waals surface area contributed by atoms with Gasteiger partial charge in [-0.05, 0) is 37.5 Å². The number of carbonyl (C=O) groups is 2. The molecule has 4 fully saturated rings. The lowest BCUT2D eigenvalue weighted by Gasteiger charge is -2.28. The third kappa shape index (κ3) is 3.11. The van der Waals surface area contributed by atoms with Crippen LogP contribution in [0.25, 0.3) is 0 Å². The van der Waals surface area contributed by atoms with Gasteiger partial charge < -0.3 is 14.5 Å².